The molecule has 0 heterocycles. The monoisotopic (exact) mass is 456 g/mol. The van der Waals surface area contributed by atoms with Crippen molar-refractivity contribution in [2.75, 3.05) is 0 Å². The van der Waals surface area contributed by atoms with E-state index < -0.39 is 0 Å². The molecule has 0 amide bonds. The molecule has 0 aliphatic carbocycles. The van der Waals surface area contributed by atoms with Gasteiger partial charge in [-0.3, -0.25) is 9.59 Å². The molecule has 0 saturated heterocycles. The minimum absolute atomic E-state index is 0.198. The quantitative estimate of drug-likeness (QED) is 0.296. The summed E-state index contributed by atoms with van der Waals surface area (Å²) in [6.07, 6.45) is 1.72. The van der Waals surface area contributed by atoms with Gasteiger partial charge in [0.2, 0.25) is 0 Å². The predicted molar refractivity (Wildman–Crippen MR) is 139 cm³/mol. The second-order valence-electron chi connectivity index (χ2n) is 10.2. The molecule has 176 valence electrons. The lowest BCUT2D eigenvalue weighted by atomic mass is 10.1. The van der Waals surface area contributed by atoms with Crippen molar-refractivity contribution in [3.05, 3.63) is 83.9 Å². The molecule has 0 N–H and O–H groups in total. The van der Waals surface area contributed by atoms with E-state index in [0.717, 1.165) is 45.6 Å². The van der Waals surface area contributed by atoms with Crippen LogP contribution in [0.15, 0.2) is 72.8 Å². The number of fused-ring (bicyclic) bond motifs is 2. The van der Waals surface area contributed by atoms with E-state index in [-0.39, 0.29) is 11.2 Å². The number of hydrogen-bond acceptors (Lipinski definition) is 4. The lowest BCUT2D eigenvalue weighted by molar-refractivity contribution is 0.111. The smallest absolute Gasteiger partial charge is 0.150 e. The second kappa shape index (κ2) is 10.1. The van der Waals surface area contributed by atoms with Crippen LogP contribution in [0.2, 0.25) is 0 Å². The minimum Gasteiger partial charge on any atom is -0.488 e. The van der Waals surface area contributed by atoms with Gasteiger partial charge in [-0.05, 0) is 94.1 Å². The molecule has 4 rings (SSSR count). The van der Waals surface area contributed by atoms with E-state index in [0.29, 0.717) is 11.1 Å². The molecule has 0 aromatic heterocycles. The topological polar surface area (TPSA) is 52.6 Å². The summed E-state index contributed by atoms with van der Waals surface area (Å²) in [5, 5.41) is 4.19. The number of hydrogen-bond donors (Lipinski definition) is 0. The Morgan fingerprint density at radius 3 is 1.76 bits per heavy atom. The number of benzene rings is 4. The highest BCUT2D eigenvalue weighted by molar-refractivity contribution is 5.93. The van der Waals surface area contributed by atoms with Crippen molar-refractivity contribution in [2.45, 2.75) is 52.7 Å². The molecule has 0 aliphatic heterocycles. The maximum absolute atomic E-state index is 10.7. The molecular formula is C30H32O4. The summed E-state index contributed by atoms with van der Waals surface area (Å²) in [7, 11) is 0. The summed E-state index contributed by atoms with van der Waals surface area (Å²) < 4.78 is 11.7. The van der Waals surface area contributed by atoms with Gasteiger partial charge >= 0.3 is 0 Å². The van der Waals surface area contributed by atoms with Crippen LogP contribution in [0, 0.1) is 0 Å². The zero-order valence-electron chi connectivity index (χ0n) is 20.7. The van der Waals surface area contributed by atoms with Crippen LogP contribution in [-0.4, -0.2) is 23.8 Å². The normalized spacial score (nSPS) is 11.5. The molecule has 4 aromatic rings. The van der Waals surface area contributed by atoms with Crippen molar-refractivity contribution in [1.82, 2.24) is 0 Å². The molecule has 34 heavy (non-hydrogen) atoms. The highest BCUT2D eigenvalue weighted by atomic mass is 16.5. The maximum atomic E-state index is 10.7. The standard InChI is InChI=1S/2C15H16O2/c1-15(2,3)17-14-7-6-12-8-11(10-16)4-5-13(12)9-14;1-15(2,3)17-14-6-4-5-12-9-11(10-16)7-8-13(12)14/h2*4-10H,1-3H3. The van der Waals surface area contributed by atoms with E-state index >= 15 is 0 Å². The van der Waals surface area contributed by atoms with Crippen LogP contribution in [0.3, 0.4) is 0 Å². The molecule has 0 radical (unpaired) electrons. The number of ether oxygens (including phenoxy) is 2. The van der Waals surface area contributed by atoms with Gasteiger partial charge in [0.05, 0.1) is 0 Å². The summed E-state index contributed by atoms with van der Waals surface area (Å²) in [5.41, 5.74) is 0.959. The molecule has 0 unspecified atom stereocenters. The van der Waals surface area contributed by atoms with Crippen LogP contribution in [-0.2, 0) is 0 Å². The van der Waals surface area contributed by atoms with Gasteiger partial charge in [0.15, 0.2) is 0 Å². The summed E-state index contributed by atoms with van der Waals surface area (Å²) in [6.45, 7) is 12.1. The first-order chi connectivity index (χ1) is 16.0. The summed E-state index contributed by atoms with van der Waals surface area (Å²) >= 11 is 0. The van der Waals surface area contributed by atoms with Crippen molar-refractivity contribution in [1.29, 1.82) is 0 Å². The zero-order valence-corrected chi connectivity index (χ0v) is 20.7. The predicted octanol–water partition coefficient (Wildman–Crippen LogP) is 7.66. The van der Waals surface area contributed by atoms with E-state index in [2.05, 4.69) is 0 Å². The highest BCUT2D eigenvalue weighted by Gasteiger charge is 2.14. The van der Waals surface area contributed by atoms with Crippen molar-refractivity contribution in [3.63, 3.8) is 0 Å². The van der Waals surface area contributed by atoms with E-state index in [1.807, 2.05) is 114 Å². The van der Waals surface area contributed by atoms with Crippen molar-refractivity contribution < 1.29 is 19.1 Å². The summed E-state index contributed by atoms with van der Waals surface area (Å²) in [4.78, 5) is 21.4. The molecule has 4 aromatic carbocycles. The third-order valence-electron chi connectivity index (χ3n) is 4.81. The van der Waals surface area contributed by atoms with Gasteiger partial charge in [-0.25, -0.2) is 0 Å². The zero-order chi connectivity index (χ0) is 24.9. The number of carbonyl (C=O) groups is 2. The number of aldehydes is 2. The van der Waals surface area contributed by atoms with E-state index in [1.54, 1.807) is 0 Å². The van der Waals surface area contributed by atoms with Crippen LogP contribution in [0.25, 0.3) is 21.5 Å². The SMILES string of the molecule is CC(C)(C)Oc1ccc2cc(C=O)ccc2c1.CC(C)(C)Oc1cccc2cc(C=O)ccc12. The third-order valence-corrected chi connectivity index (χ3v) is 4.81. The molecule has 0 fully saturated rings. The molecular weight excluding hydrogens is 424 g/mol. The largest absolute Gasteiger partial charge is 0.488 e. The van der Waals surface area contributed by atoms with Crippen molar-refractivity contribution in [3.8, 4) is 11.5 Å². The van der Waals surface area contributed by atoms with Gasteiger partial charge in [0, 0.05) is 16.5 Å². The first-order valence-electron chi connectivity index (χ1n) is 11.3. The van der Waals surface area contributed by atoms with Gasteiger partial charge in [0.1, 0.15) is 35.3 Å². The summed E-state index contributed by atoms with van der Waals surface area (Å²) in [5.74, 6) is 1.70. The van der Waals surface area contributed by atoms with Crippen LogP contribution < -0.4 is 9.47 Å². The van der Waals surface area contributed by atoms with Gasteiger partial charge in [-0.1, -0.05) is 36.4 Å². The van der Waals surface area contributed by atoms with Gasteiger partial charge in [0.25, 0.3) is 0 Å². The fraction of sp³-hybridized carbons (Fsp3) is 0.267. The van der Waals surface area contributed by atoms with Crippen molar-refractivity contribution in [2.24, 2.45) is 0 Å². The molecule has 0 aliphatic rings. The highest BCUT2D eigenvalue weighted by Crippen LogP contribution is 2.29. The molecule has 0 spiro atoms. The first kappa shape index (κ1) is 25.0. The molecule has 4 nitrogen and oxygen atoms in total. The Balaban J connectivity index is 0.000000191. The van der Waals surface area contributed by atoms with E-state index in [1.165, 1.54) is 0 Å². The Morgan fingerprint density at radius 1 is 0.588 bits per heavy atom. The lowest BCUT2D eigenvalue weighted by Crippen LogP contribution is -2.23. The average molecular weight is 457 g/mol. The Kier molecular flexibility index (Phi) is 7.41. The average Bonchev–Trinajstić information content (AvgIpc) is 2.77. The van der Waals surface area contributed by atoms with Crippen LogP contribution in [0.5, 0.6) is 11.5 Å². The maximum Gasteiger partial charge on any atom is 0.150 e. The second-order valence-corrected chi connectivity index (χ2v) is 10.2. The number of rotatable bonds is 4. The van der Waals surface area contributed by atoms with E-state index in [4.69, 9.17) is 9.47 Å². The van der Waals surface area contributed by atoms with E-state index in [9.17, 15) is 9.59 Å². The van der Waals surface area contributed by atoms with Crippen LogP contribution >= 0.6 is 0 Å². The molecule has 0 bridgehead atoms. The fourth-order valence-corrected chi connectivity index (χ4v) is 3.50. The van der Waals surface area contributed by atoms with Crippen molar-refractivity contribution >= 4 is 34.1 Å². The Bertz CT molecular complexity index is 1310. The van der Waals surface area contributed by atoms with Gasteiger partial charge in [-0.2, -0.15) is 0 Å². The number of carbonyl (C=O) groups excluding carboxylic acids is 2. The van der Waals surface area contributed by atoms with Gasteiger partial charge < -0.3 is 9.47 Å². The lowest BCUT2D eigenvalue weighted by Gasteiger charge is -2.22. The molecule has 4 heteroatoms. The van der Waals surface area contributed by atoms with Gasteiger partial charge in [-0.15, -0.1) is 0 Å². The Labute approximate surface area is 201 Å². The van der Waals surface area contributed by atoms with Crippen LogP contribution in [0.1, 0.15) is 62.3 Å². The van der Waals surface area contributed by atoms with Crippen LogP contribution in [0.4, 0.5) is 0 Å². The molecule has 0 atom stereocenters. The molecule has 0 saturated carbocycles. The first-order valence-corrected chi connectivity index (χ1v) is 11.3. The third kappa shape index (κ3) is 6.92. The minimum atomic E-state index is -0.225. The Morgan fingerprint density at radius 2 is 1.15 bits per heavy atom. The fourth-order valence-electron chi connectivity index (χ4n) is 3.50. The Hall–Kier alpha value is -3.66. The summed E-state index contributed by atoms with van der Waals surface area (Å²) in [6, 6.07) is 23.0.